The van der Waals surface area contributed by atoms with Crippen LogP contribution in [0.4, 0.5) is 16.0 Å². The number of benzene rings is 2. The predicted octanol–water partition coefficient (Wildman–Crippen LogP) is 4.00. The van der Waals surface area contributed by atoms with E-state index in [1.807, 2.05) is 32.0 Å². The molecule has 0 radical (unpaired) electrons. The van der Waals surface area contributed by atoms with Gasteiger partial charge in [0.15, 0.2) is 0 Å². The van der Waals surface area contributed by atoms with Crippen molar-refractivity contribution in [1.82, 2.24) is 15.2 Å². The third-order valence-corrected chi connectivity index (χ3v) is 4.23. The van der Waals surface area contributed by atoms with Gasteiger partial charge in [0, 0.05) is 17.8 Å². The first-order valence-electron chi connectivity index (χ1n) is 9.21. The van der Waals surface area contributed by atoms with Crippen LogP contribution in [0, 0.1) is 5.82 Å². The molecule has 0 fully saturated rings. The highest BCUT2D eigenvalue weighted by atomic mass is 19.1. The van der Waals surface area contributed by atoms with Crippen LogP contribution in [0.25, 0.3) is 0 Å². The van der Waals surface area contributed by atoms with E-state index in [1.54, 1.807) is 12.1 Å². The molecule has 3 rings (SSSR count). The van der Waals surface area contributed by atoms with Crippen molar-refractivity contribution in [2.45, 2.75) is 33.2 Å². The minimum absolute atomic E-state index is 0.270. The number of amides is 1. The van der Waals surface area contributed by atoms with Crippen LogP contribution in [0.1, 0.15) is 41.2 Å². The number of aryl methyl sites for hydroxylation is 2. The lowest BCUT2D eigenvalue weighted by atomic mass is 10.1. The van der Waals surface area contributed by atoms with Crippen molar-refractivity contribution in [3.05, 3.63) is 76.9 Å². The van der Waals surface area contributed by atoms with Gasteiger partial charge in [-0.2, -0.15) is 5.10 Å². The Balaban J connectivity index is 1.66. The highest BCUT2D eigenvalue weighted by Crippen LogP contribution is 2.14. The number of carbonyl (C=O) groups excluding carboxylic acids is 1. The third-order valence-electron chi connectivity index (χ3n) is 4.23. The van der Waals surface area contributed by atoms with E-state index in [4.69, 9.17) is 0 Å². The number of carbonyl (C=O) groups is 1. The summed E-state index contributed by atoms with van der Waals surface area (Å²) in [6.45, 7) is 4.55. The Labute approximate surface area is 163 Å². The van der Waals surface area contributed by atoms with Gasteiger partial charge < -0.3 is 10.6 Å². The molecule has 0 aliphatic heterocycles. The Morgan fingerprint density at radius 2 is 1.79 bits per heavy atom. The summed E-state index contributed by atoms with van der Waals surface area (Å²) in [5.41, 5.74) is 3.69. The summed E-state index contributed by atoms with van der Waals surface area (Å²) in [6.07, 6.45) is 1.60. The van der Waals surface area contributed by atoms with E-state index in [-0.39, 0.29) is 11.5 Å². The highest BCUT2D eigenvalue weighted by molar-refractivity contribution is 6.04. The zero-order valence-corrected chi connectivity index (χ0v) is 15.9. The van der Waals surface area contributed by atoms with Gasteiger partial charge in [-0.05, 0) is 48.7 Å². The van der Waals surface area contributed by atoms with Crippen molar-refractivity contribution in [2.24, 2.45) is 0 Å². The minimum atomic E-state index is -0.445. The Morgan fingerprint density at radius 3 is 2.54 bits per heavy atom. The number of aromatic nitrogens is 3. The molecule has 0 atom stereocenters. The third kappa shape index (κ3) is 4.88. The van der Waals surface area contributed by atoms with E-state index in [0.29, 0.717) is 18.2 Å². The van der Waals surface area contributed by atoms with E-state index in [2.05, 4.69) is 25.8 Å². The smallest absolute Gasteiger partial charge is 0.255 e. The van der Waals surface area contributed by atoms with Crippen LogP contribution in [0.15, 0.2) is 48.5 Å². The molecular weight excluding hydrogens is 357 g/mol. The molecule has 0 bridgehead atoms. The van der Waals surface area contributed by atoms with Gasteiger partial charge in [-0.15, -0.1) is 5.10 Å². The van der Waals surface area contributed by atoms with Gasteiger partial charge in [0.05, 0.1) is 11.4 Å². The summed E-state index contributed by atoms with van der Waals surface area (Å²) in [4.78, 5) is 16.8. The monoisotopic (exact) mass is 379 g/mol. The molecule has 3 aromatic rings. The normalized spacial score (nSPS) is 10.5. The lowest BCUT2D eigenvalue weighted by Crippen LogP contribution is -2.13. The fourth-order valence-corrected chi connectivity index (χ4v) is 2.79. The van der Waals surface area contributed by atoms with Gasteiger partial charge in [-0.25, -0.2) is 9.37 Å². The van der Waals surface area contributed by atoms with Gasteiger partial charge in [-0.3, -0.25) is 4.79 Å². The average Bonchev–Trinajstić information content (AvgIpc) is 2.72. The summed E-state index contributed by atoms with van der Waals surface area (Å²) in [5, 5.41) is 14.3. The van der Waals surface area contributed by atoms with Crippen LogP contribution < -0.4 is 10.6 Å². The van der Waals surface area contributed by atoms with Crippen LogP contribution >= 0.6 is 0 Å². The average molecular weight is 379 g/mol. The van der Waals surface area contributed by atoms with E-state index >= 15 is 0 Å². The molecule has 2 aromatic carbocycles. The quantitative estimate of drug-likeness (QED) is 0.649. The van der Waals surface area contributed by atoms with E-state index in [1.165, 1.54) is 18.2 Å². The fourth-order valence-electron chi connectivity index (χ4n) is 2.79. The Morgan fingerprint density at radius 1 is 1.00 bits per heavy atom. The lowest BCUT2D eigenvalue weighted by molar-refractivity contribution is 0.102. The summed E-state index contributed by atoms with van der Waals surface area (Å²) >= 11 is 0. The number of anilines is 2. The number of halogens is 1. The van der Waals surface area contributed by atoms with Crippen LogP contribution in [0.3, 0.4) is 0 Å². The number of nitrogens with zero attached hydrogens (tertiary/aromatic N) is 3. The molecule has 144 valence electrons. The maximum absolute atomic E-state index is 13.3. The molecule has 6 nitrogen and oxygen atoms in total. The van der Waals surface area contributed by atoms with E-state index < -0.39 is 5.82 Å². The number of hydrogen-bond donors (Lipinski definition) is 2. The molecule has 0 saturated heterocycles. The molecule has 0 aliphatic rings. The van der Waals surface area contributed by atoms with Crippen molar-refractivity contribution in [3.63, 3.8) is 0 Å². The SMILES string of the molecule is CCc1nnc(NCc2cccc(NC(=O)c3cccc(F)c3)c2)nc1CC. The molecule has 2 N–H and O–H groups in total. The standard InChI is InChI=1S/C21H22FN5O/c1-3-18-19(4-2)26-27-21(25-18)23-13-14-7-5-10-17(11-14)24-20(28)15-8-6-9-16(22)12-15/h5-12H,3-4,13H2,1-2H3,(H,24,28)(H,23,25,27). The molecule has 1 aromatic heterocycles. The first-order chi connectivity index (χ1) is 13.6. The van der Waals surface area contributed by atoms with Crippen molar-refractivity contribution < 1.29 is 9.18 Å². The molecule has 1 amide bonds. The number of rotatable bonds is 7. The Kier molecular flexibility index (Phi) is 6.26. The van der Waals surface area contributed by atoms with Gasteiger partial charge in [0.25, 0.3) is 5.91 Å². The maximum atomic E-state index is 13.3. The minimum Gasteiger partial charge on any atom is -0.349 e. The van der Waals surface area contributed by atoms with Gasteiger partial charge >= 0.3 is 0 Å². The summed E-state index contributed by atoms with van der Waals surface area (Å²) in [7, 11) is 0. The van der Waals surface area contributed by atoms with Gasteiger partial charge in [0.1, 0.15) is 5.82 Å². The van der Waals surface area contributed by atoms with Gasteiger partial charge in [-0.1, -0.05) is 32.0 Å². The second kappa shape index (κ2) is 9.03. The highest BCUT2D eigenvalue weighted by Gasteiger charge is 2.08. The topological polar surface area (TPSA) is 79.8 Å². The summed E-state index contributed by atoms with van der Waals surface area (Å²) < 4.78 is 13.3. The summed E-state index contributed by atoms with van der Waals surface area (Å²) in [6, 6.07) is 13.0. The van der Waals surface area contributed by atoms with E-state index in [0.717, 1.165) is 29.8 Å². The molecule has 0 unspecified atom stereocenters. The lowest BCUT2D eigenvalue weighted by Gasteiger charge is -2.10. The predicted molar refractivity (Wildman–Crippen MR) is 107 cm³/mol. The molecule has 1 heterocycles. The van der Waals surface area contributed by atoms with Crippen LogP contribution in [-0.2, 0) is 19.4 Å². The van der Waals surface area contributed by atoms with Crippen molar-refractivity contribution in [3.8, 4) is 0 Å². The van der Waals surface area contributed by atoms with Crippen LogP contribution in [0.5, 0.6) is 0 Å². The van der Waals surface area contributed by atoms with E-state index in [9.17, 15) is 9.18 Å². The number of hydrogen-bond acceptors (Lipinski definition) is 5. The molecule has 0 spiro atoms. The maximum Gasteiger partial charge on any atom is 0.255 e. The van der Waals surface area contributed by atoms with Crippen LogP contribution in [0.2, 0.25) is 0 Å². The Bertz CT molecular complexity index is 977. The second-order valence-electron chi connectivity index (χ2n) is 6.25. The molecule has 0 saturated carbocycles. The molecule has 0 aliphatic carbocycles. The number of nitrogens with one attached hydrogen (secondary N) is 2. The second-order valence-corrected chi connectivity index (χ2v) is 6.25. The zero-order chi connectivity index (χ0) is 19.9. The van der Waals surface area contributed by atoms with Crippen molar-refractivity contribution in [2.75, 3.05) is 10.6 Å². The fraction of sp³-hybridized carbons (Fsp3) is 0.238. The van der Waals surface area contributed by atoms with Gasteiger partial charge in [0.2, 0.25) is 5.95 Å². The zero-order valence-electron chi connectivity index (χ0n) is 15.9. The van der Waals surface area contributed by atoms with Crippen LogP contribution in [-0.4, -0.2) is 21.1 Å². The van der Waals surface area contributed by atoms with Crippen molar-refractivity contribution >= 4 is 17.5 Å². The molecule has 7 heteroatoms. The Hall–Kier alpha value is -3.35. The van der Waals surface area contributed by atoms with Crippen molar-refractivity contribution in [1.29, 1.82) is 0 Å². The summed E-state index contributed by atoms with van der Waals surface area (Å²) in [5.74, 6) is -0.331. The first kappa shape index (κ1) is 19.4. The molecule has 28 heavy (non-hydrogen) atoms. The molecular formula is C21H22FN5O. The largest absolute Gasteiger partial charge is 0.349 e. The first-order valence-corrected chi connectivity index (χ1v) is 9.21.